The molecule has 2 heterocycles. The summed E-state index contributed by atoms with van der Waals surface area (Å²) in [5.74, 6) is 1.32. The Hall–Kier alpha value is -0.0600. The second-order valence-electron chi connectivity index (χ2n) is 4.43. The molecule has 17 heavy (non-hydrogen) atoms. The van der Waals surface area contributed by atoms with Crippen LogP contribution < -0.4 is 5.32 Å². The van der Waals surface area contributed by atoms with Crippen molar-refractivity contribution in [2.24, 2.45) is 0 Å². The zero-order valence-electron chi connectivity index (χ0n) is 10.2. The summed E-state index contributed by atoms with van der Waals surface area (Å²) in [6, 6.07) is 2.76. The van der Waals surface area contributed by atoms with Crippen molar-refractivity contribution in [2.45, 2.75) is 37.5 Å². The molecule has 0 bridgehead atoms. The third kappa shape index (κ3) is 3.97. The van der Waals surface area contributed by atoms with Crippen LogP contribution in [0, 0.1) is 0 Å². The molecule has 4 heteroatoms. The Bertz CT molecular complexity index is 353. The zero-order valence-corrected chi connectivity index (χ0v) is 12.6. The molecule has 0 amide bonds. The molecule has 1 saturated heterocycles. The second-order valence-corrected chi connectivity index (χ2v) is 6.69. The highest BCUT2D eigenvalue weighted by molar-refractivity contribution is 9.10. The predicted octanol–water partition coefficient (Wildman–Crippen LogP) is 3.26. The molecule has 2 nitrogen and oxygen atoms in total. The first kappa shape index (κ1) is 13.4. The number of hydrogen-bond acceptors (Lipinski definition) is 3. The van der Waals surface area contributed by atoms with Crippen molar-refractivity contribution < 1.29 is 0 Å². The van der Waals surface area contributed by atoms with Gasteiger partial charge in [0.15, 0.2) is 0 Å². The van der Waals surface area contributed by atoms with Gasteiger partial charge in [-0.1, -0.05) is 6.92 Å². The summed E-state index contributed by atoms with van der Waals surface area (Å²) in [7, 11) is 0. The Balaban J connectivity index is 2.01. The van der Waals surface area contributed by atoms with Crippen LogP contribution in [0.25, 0.3) is 0 Å². The molecule has 0 spiro atoms. The Kier molecular flexibility index (Phi) is 5.32. The van der Waals surface area contributed by atoms with E-state index in [4.69, 9.17) is 0 Å². The molecule has 0 saturated carbocycles. The SMILES string of the molecule is CCNC(Cc1cncc(Br)c1)C1CCCS1. The number of pyridine rings is 1. The van der Waals surface area contributed by atoms with Gasteiger partial charge >= 0.3 is 0 Å². The highest BCUT2D eigenvalue weighted by atomic mass is 79.9. The minimum atomic E-state index is 0.587. The number of likely N-dealkylation sites (N-methyl/N-ethyl adjacent to an activating group) is 1. The maximum absolute atomic E-state index is 4.24. The van der Waals surface area contributed by atoms with Crippen LogP contribution in [0.3, 0.4) is 0 Å². The minimum Gasteiger partial charge on any atom is -0.313 e. The molecule has 94 valence electrons. The van der Waals surface area contributed by atoms with Crippen LogP contribution in [0.15, 0.2) is 22.9 Å². The third-order valence-electron chi connectivity index (χ3n) is 3.10. The summed E-state index contributed by atoms with van der Waals surface area (Å²) in [5.41, 5.74) is 1.32. The van der Waals surface area contributed by atoms with Gasteiger partial charge in [-0.25, -0.2) is 0 Å². The first-order valence-electron chi connectivity index (χ1n) is 6.24. The quantitative estimate of drug-likeness (QED) is 0.903. The molecule has 1 N–H and O–H groups in total. The van der Waals surface area contributed by atoms with Crippen LogP contribution >= 0.6 is 27.7 Å². The van der Waals surface area contributed by atoms with Gasteiger partial charge in [0.05, 0.1) is 0 Å². The second kappa shape index (κ2) is 6.76. The maximum atomic E-state index is 4.24. The molecule has 1 aliphatic rings. The normalized spacial score (nSPS) is 21.6. The van der Waals surface area contributed by atoms with Gasteiger partial charge in [-0.05, 0) is 59.1 Å². The molecular formula is C13H19BrN2S. The van der Waals surface area contributed by atoms with E-state index in [0.29, 0.717) is 6.04 Å². The molecule has 0 radical (unpaired) electrons. The summed E-state index contributed by atoms with van der Waals surface area (Å²) >= 11 is 5.61. The highest BCUT2D eigenvalue weighted by Gasteiger charge is 2.25. The van der Waals surface area contributed by atoms with Crippen molar-refractivity contribution in [1.82, 2.24) is 10.3 Å². The van der Waals surface area contributed by atoms with E-state index in [0.717, 1.165) is 22.7 Å². The Morgan fingerprint density at radius 3 is 3.12 bits per heavy atom. The fraction of sp³-hybridized carbons (Fsp3) is 0.615. The summed E-state index contributed by atoms with van der Waals surface area (Å²) < 4.78 is 1.07. The number of thioether (sulfide) groups is 1. The van der Waals surface area contributed by atoms with E-state index in [1.54, 1.807) is 0 Å². The van der Waals surface area contributed by atoms with Crippen LogP contribution in [-0.2, 0) is 6.42 Å². The van der Waals surface area contributed by atoms with E-state index in [-0.39, 0.29) is 0 Å². The molecule has 2 atom stereocenters. The average Bonchev–Trinajstić information content (AvgIpc) is 2.82. The largest absolute Gasteiger partial charge is 0.313 e. The van der Waals surface area contributed by atoms with Crippen LogP contribution in [0.2, 0.25) is 0 Å². The van der Waals surface area contributed by atoms with Gasteiger partial charge in [0.25, 0.3) is 0 Å². The first-order valence-corrected chi connectivity index (χ1v) is 8.08. The van der Waals surface area contributed by atoms with E-state index in [1.807, 2.05) is 12.4 Å². The van der Waals surface area contributed by atoms with E-state index in [9.17, 15) is 0 Å². The molecule has 0 aromatic carbocycles. The fourth-order valence-corrected chi connectivity index (χ4v) is 4.14. The van der Waals surface area contributed by atoms with Crippen LogP contribution in [-0.4, -0.2) is 28.6 Å². The number of aromatic nitrogens is 1. The third-order valence-corrected chi connectivity index (χ3v) is 5.05. The fourth-order valence-electron chi connectivity index (χ4n) is 2.34. The Morgan fingerprint density at radius 1 is 1.59 bits per heavy atom. The highest BCUT2D eigenvalue weighted by Crippen LogP contribution is 2.30. The van der Waals surface area contributed by atoms with Gasteiger partial charge in [0.1, 0.15) is 0 Å². The number of hydrogen-bond donors (Lipinski definition) is 1. The van der Waals surface area contributed by atoms with Gasteiger partial charge in [-0.2, -0.15) is 11.8 Å². The Morgan fingerprint density at radius 2 is 2.47 bits per heavy atom. The van der Waals surface area contributed by atoms with Crippen molar-refractivity contribution in [1.29, 1.82) is 0 Å². The Labute approximate surface area is 116 Å². The van der Waals surface area contributed by atoms with Gasteiger partial charge in [-0.3, -0.25) is 4.98 Å². The molecule has 0 aliphatic carbocycles. The number of rotatable bonds is 5. The molecule has 2 rings (SSSR count). The van der Waals surface area contributed by atoms with Crippen molar-refractivity contribution in [3.8, 4) is 0 Å². The summed E-state index contributed by atoms with van der Waals surface area (Å²) in [6.45, 7) is 3.23. The minimum absolute atomic E-state index is 0.587. The topological polar surface area (TPSA) is 24.9 Å². The molecule has 1 aliphatic heterocycles. The summed E-state index contributed by atoms with van der Waals surface area (Å²) in [5, 5.41) is 4.40. The van der Waals surface area contributed by atoms with E-state index >= 15 is 0 Å². The monoisotopic (exact) mass is 314 g/mol. The maximum Gasteiger partial charge on any atom is 0.0410 e. The average molecular weight is 315 g/mol. The lowest BCUT2D eigenvalue weighted by atomic mass is 10.0. The summed E-state index contributed by atoms with van der Waals surface area (Å²) in [4.78, 5) is 4.24. The van der Waals surface area contributed by atoms with Crippen LogP contribution in [0.5, 0.6) is 0 Å². The van der Waals surface area contributed by atoms with E-state index < -0.39 is 0 Å². The summed E-state index contributed by atoms with van der Waals surface area (Å²) in [6.07, 6.45) is 7.63. The predicted molar refractivity (Wildman–Crippen MR) is 78.6 cm³/mol. The van der Waals surface area contributed by atoms with Gasteiger partial charge in [0.2, 0.25) is 0 Å². The van der Waals surface area contributed by atoms with E-state index in [1.165, 1.54) is 24.2 Å². The van der Waals surface area contributed by atoms with Crippen LogP contribution in [0.1, 0.15) is 25.3 Å². The zero-order chi connectivity index (χ0) is 12.1. The van der Waals surface area contributed by atoms with Crippen molar-refractivity contribution in [3.63, 3.8) is 0 Å². The number of nitrogens with zero attached hydrogens (tertiary/aromatic N) is 1. The molecule has 1 aromatic rings. The standard InChI is InChI=1S/C13H19BrN2S/c1-2-16-12(13-4-3-5-17-13)7-10-6-11(14)9-15-8-10/h6,8-9,12-13,16H,2-5,7H2,1H3. The number of nitrogens with one attached hydrogen (secondary N) is 1. The smallest absolute Gasteiger partial charge is 0.0410 e. The van der Waals surface area contributed by atoms with Gasteiger partial charge < -0.3 is 5.32 Å². The van der Waals surface area contributed by atoms with Crippen molar-refractivity contribution in [3.05, 3.63) is 28.5 Å². The van der Waals surface area contributed by atoms with Gasteiger partial charge in [0, 0.05) is 28.2 Å². The van der Waals surface area contributed by atoms with E-state index in [2.05, 4.69) is 51.0 Å². The molecule has 1 fully saturated rings. The molecule has 2 unspecified atom stereocenters. The first-order chi connectivity index (χ1) is 8.29. The van der Waals surface area contributed by atoms with Crippen LogP contribution in [0.4, 0.5) is 0 Å². The van der Waals surface area contributed by atoms with Crippen molar-refractivity contribution >= 4 is 27.7 Å². The molecular weight excluding hydrogens is 296 g/mol. The lowest BCUT2D eigenvalue weighted by Gasteiger charge is -2.23. The lowest BCUT2D eigenvalue weighted by molar-refractivity contribution is 0.495. The molecule has 1 aromatic heterocycles. The van der Waals surface area contributed by atoms with Gasteiger partial charge in [-0.15, -0.1) is 0 Å². The lowest BCUT2D eigenvalue weighted by Crippen LogP contribution is -2.38. The number of halogens is 1. The van der Waals surface area contributed by atoms with Crippen molar-refractivity contribution in [2.75, 3.05) is 12.3 Å².